The number of carbonyl (C=O) groups is 1. The molecule has 0 aliphatic carbocycles. The maximum atomic E-state index is 12.3. The lowest BCUT2D eigenvalue weighted by atomic mass is 9.98. The van der Waals surface area contributed by atoms with Crippen molar-refractivity contribution in [2.75, 3.05) is 13.7 Å². The summed E-state index contributed by atoms with van der Waals surface area (Å²) in [7, 11) is 1.66. The molecule has 0 heterocycles. The standard InChI is InChI=1S/C22H30O3/c1-4-5-6-7-8-9-14-25-22(23)17(2)18-10-11-20-16-21(24-3)13-12-19(20)15-18/h10-13,15-17H,4-9,14H2,1-3H3/t17-/m0/s1. The second-order valence-corrected chi connectivity index (χ2v) is 6.63. The van der Waals surface area contributed by atoms with Crippen LogP contribution in [0.2, 0.25) is 0 Å². The fourth-order valence-corrected chi connectivity index (χ4v) is 2.95. The SMILES string of the molecule is CCCCCCCCOC(=O)[C@@H](C)c1ccc2cc(OC)ccc2c1. The average Bonchev–Trinajstić information content (AvgIpc) is 2.65. The Morgan fingerprint density at radius 3 is 2.40 bits per heavy atom. The minimum absolute atomic E-state index is 0.138. The summed E-state index contributed by atoms with van der Waals surface area (Å²) in [6.07, 6.45) is 7.16. The van der Waals surface area contributed by atoms with Gasteiger partial charge >= 0.3 is 5.97 Å². The third-order valence-corrected chi connectivity index (χ3v) is 4.67. The monoisotopic (exact) mass is 342 g/mol. The van der Waals surface area contributed by atoms with E-state index in [9.17, 15) is 4.79 Å². The van der Waals surface area contributed by atoms with Crippen LogP contribution in [0.25, 0.3) is 10.8 Å². The molecule has 0 aliphatic heterocycles. The summed E-state index contributed by atoms with van der Waals surface area (Å²) < 4.78 is 10.7. The average molecular weight is 342 g/mol. The first-order valence-corrected chi connectivity index (χ1v) is 9.40. The predicted molar refractivity (Wildman–Crippen MR) is 103 cm³/mol. The Morgan fingerprint density at radius 1 is 0.960 bits per heavy atom. The highest BCUT2D eigenvalue weighted by atomic mass is 16.5. The molecule has 0 saturated carbocycles. The molecule has 0 unspecified atom stereocenters. The molecule has 136 valence electrons. The Morgan fingerprint density at radius 2 is 1.64 bits per heavy atom. The topological polar surface area (TPSA) is 35.5 Å². The van der Waals surface area contributed by atoms with E-state index in [0.29, 0.717) is 6.61 Å². The molecule has 25 heavy (non-hydrogen) atoms. The molecular formula is C22H30O3. The van der Waals surface area contributed by atoms with E-state index >= 15 is 0 Å². The van der Waals surface area contributed by atoms with Crippen LogP contribution in [0.5, 0.6) is 5.75 Å². The summed E-state index contributed by atoms with van der Waals surface area (Å²) in [6.45, 7) is 4.65. The number of benzene rings is 2. The van der Waals surface area contributed by atoms with Gasteiger partial charge in [0.05, 0.1) is 19.6 Å². The highest BCUT2D eigenvalue weighted by Gasteiger charge is 2.17. The number of ether oxygens (including phenoxy) is 2. The number of fused-ring (bicyclic) bond motifs is 1. The second-order valence-electron chi connectivity index (χ2n) is 6.63. The first-order chi connectivity index (χ1) is 12.2. The molecule has 0 N–H and O–H groups in total. The summed E-state index contributed by atoms with van der Waals surface area (Å²) in [5.41, 5.74) is 0.991. The van der Waals surface area contributed by atoms with E-state index in [4.69, 9.17) is 9.47 Å². The van der Waals surface area contributed by atoms with Gasteiger partial charge in [0.1, 0.15) is 5.75 Å². The number of carbonyl (C=O) groups excluding carboxylic acids is 1. The van der Waals surface area contributed by atoms with Gasteiger partial charge in [0.2, 0.25) is 0 Å². The molecule has 0 aromatic heterocycles. The van der Waals surface area contributed by atoms with Gasteiger partial charge in [0.15, 0.2) is 0 Å². The molecular weight excluding hydrogens is 312 g/mol. The molecule has 2 aromatic carbocycles. The lowest BCUT2D eigenvalue weighted by molar-refractivity contribution is -0.145. The molecule has 3 nitrogen and oxygen atoms in total. The van der Waals surface area contributed by atoms with Crippen LogP contribution in [-0.4, -0.2) is 19.7 Å². The van der Waals surface area contributed by atoms with E-state index in [1.165, 1.54) is 25.7 Å². The fraction of sp³-hybridized carbons (Fsp3) is 0.500. The zero-order valence-electron chi connectivity index (χ0n) is 15.7. The third-order valence-electron chi connectivity index (χ3n) is 4.67. The molecule has 2 aromatic rings. The van der Waals surface area contributed by atoms with Crippen molar-refractivity contribution in [1.29, 1.82) is 0 Å². The molecule has 0 spiro atoms. The first kappa shape index (κ1) is 19.3. The van der Waals surface area contributed by atoms with Crippen molar-refractivity contribution in [2.24, 2.45) is 0 Å². The first-order valence-electron chi connectivity index (χ1n) is 9.40. The Labute approximate surface area is 151 Å². The number of esters is 1. The van der Waals surface area contributed by atoms with Crippen LogP contribution < -0.4 is 4.74 Å². The largest absolute Gasteiger partial charge is 0.497 e. The zero-order valence-corrected chi connectivity index (χ0v) is 15.7. The molecule has 0 amide bonds. The van der Waals surface area contributed by atoms with Crippen molar-refractivity contribution < 1.29 is 14.3 Å². The minimum atomic E-state index is -0.244. The smallest absolute Gasteiger partial charge is 0.313 e. The van der Waals surface area contributed by atoms with Gasteiger partial charge in [0, 0.05) is 0 Å². The summed E-state index contributed by atoms with van der Waals surface area (Å²) in [6, 6.07) is 12.1. The predicted octanol–water partition coefficient (Wildman–Crippen LogP) is 5.86. The lowest BCUT2D eigenvalue weighted by Crippen LogP contribution is -2.14. The van der Waals surface area contributed by atoms with Gasteiger partial charge in [-0.05, 0) is 41.8 Å². The maximum absolute atomic E-state index is 12.3. The van der Waals surface area contributed by atoms with Gasteiger partial charge in [-0.1, -0.05) is 63.3 Å². The van der Waals surface area contributed by atoms with Crippen LogP contribution in [0.1, 0.15) is 63.9 Å². The number of rotatable bonds is 10. The van der Waals surface area contributed by atoms with E-state index in [2.05, 4.69) is 13.0 Å². The molecule has 1 atom stereocenters. The number of hydrogen-bond acceptors (Lipinski definition) is 3. The molecule has 0 saturated heterocycles. The Balaban J connectivity index is 1.85. The van der Waals surface area contributed by atoms with Gasteiger partial charge in [-0.15, -0.1) is 0 Å². The number of unbranched alkanes of at least 4 members (excludes halogenated alkanes) is 5. The summed E-state index contributed by atoms with van der Waals surface area (Å²) >= 11 is 0. The van der Waals surface area contributed by atoms with E-state index in [-0.39, 0.29) is 11.9 Å². The van der Waals surface area contributed by atoms with Crippen molar-refractivity contribution in [3.05, 3.63) is 42.0 Å². The van der Waals surface area contributed by atoms with Crippen molar-refractivity contribution in [3.8, 4) is 5.75 Å². The fourth-order valence-electron chi connectivity index (χ4n) is 2.95. The van der Waals surface area contributed by atoms with Crippen LogP contribution in [-0.2, 0) is 9.53 Å². The Kier molecular flexibility index (Phi) is 7.77. The van der Waals surface area contributed by atoms with Crippen molar-refractivity contribution in [2.45, 2.75) is 58.3 Å². The van der Waals surface area contributed by atoms with Crippen molar-refractivity contribution >= 4 is 16.7 Å². The molecule has 3 heteroatoms. The number of methoxy groups -OCH3 is 1. The molecule has 0 fully saturated rings. The molecule has 0 radical (unpaired) electrons. The molecule has 0 aliphatic rings. The van der Waals surface area contributed by atoms with Gasteiger partial charge in [-0.2, -0.15) is 0 Å². The lowest BCUT2D eigenvalue weighted by Gasteiger charge is -2.13. The van der Waals surface area contributed by atoms with Crippen molar-refractivity contribution in [1.82, 2.24) is 0 Å². The molecule has 0 bridgehead atoms. The minimum Gasteiger partial charge on any atom is -0.497 e. The maximum Gasteiger partial charge on any atom is 0.313 e. The third kappa shape index (κ3) is 5.77. The van der Waals surface area contributed by atoms with E-state index in [1.54, 1.807) is 7.11 Å². The Hall–Kier alpha value is -2.03. The van der Waals surface area contributed by atoms with Gasteiger partial charge in [-0.25, -0.2) is 0 Å². The van der Waals surface area contributed by atoms with Crippen LogP contribution in [0, 0.1) is 0 Å². The van der Waals surface area contributed by atoms with Crippen LogP contribution in [0.15, 0.2) is 36.4 Å². The van der Waals surface area contributed by atoms with Gasteiger partial charge in [0.25, 0.3) is 0 Å². The normalized spacial score (nSPS) is 12.1. The van der Waals surface area contributed by atoms with Gasteiger partial charge < -0.3 is 9.47 Å². The molecule has 2 rings (SSSR count). The van der Waals surface area contributed by atoms with Crippen LogP contribution >= 0.6 is 0 Å². The van der Waals surface area contributed by atoms with Crippen LogP contribution in [0.3, 0.4) is 0 Å². The van der Waals surface area contributed by atoms with Gasteiger partial charge in [-0.3, -0.25) is 4.79 Å². The van der Waals surface area contributed by atoms with E-state index < -0.39 is 0 Å². The second kappa shape index (κ2) is 10.1. The van der Waals surface area contributed by atoms with E-state index in [0.717, 1.165) is 34.9 Å². The van der Waals surface area contributed by atoms with E-state index in [1.807, 2.05) is 37.3 Å². The Bertz CT molecular complexity index is 678. The summed E-state index contributed by atoms with van der Waals surface area (Å²) in [4.78, 5) is 12.3. The number of hydrogen-bond donors (Lipinski definition) is 0. The summed E-state index contributed by atoms with van der Waals surface area (Å²) in [5, 5.41) is 2.21. The highest BCUT2D eigenvalue weighted by molar-refractivity contribution is 5.86. The quantitative estimate of drug-likeness (QED) is 0.401. The summed E-state index contributed by atoms with van der Waals surface area (Å²) in [5.74, 6) is 0.458. The van der Waals surface area contributed by atoms with Crippen LogP contribution in [0.4, 0.5) is 0 Å². The van der Waals surface area contributed by atoms with Crippen molar-refractivity contribution in [3.63, 3.8) is 0 Å². The zero-order chi connectivity index (χ0) is 18.1. The highest BCUT2D eigenvalue weighted by Crippen LogP contribution is 2.25.